The van der Waals surface area contributed by atoms with Crippen LogP contribution in [0.4, 0.5) is 0 Å². The number of benzene rings is 1. The molecule has 0 aromatic heterocycles. The van der Waals surface area contributed by atoms with E-state index in [1.165, 1.54) is 5.56 Å². The zero-order chi connectivity index (χ0) is 16.5. The Hall–Kier alpha value is -1.59. The summed E-state index contributed by atoms with van der Waals surface area (Å²) >= 11 is 0. The molecule has 5 nitrogen and oxygen atoms in total. The SMILES string of the molecule is COCCOCC(=O)N1CCCC(COc2ccc(C)cc2)C1. The van der Waals surface area contributed by atoms with Gasteiger partial charge in [0.1, 0.15) is 12.4 Å². The number of rotatable bonds is 8. The first kappa shape index (κ1) is 17.8. The van der Waals surface area contributed by atoms with Crippen LogP contribution in [0, 0.1) is 12.8 Å². The van der Waals surface area contributed by atoms with Gasteiger partial charge in [-0.15, -0.1) is 0 Å². The molecule has 1 heterocycles. The lowest BCUT2D eigenvalue weighted by Crippen LogP contribution is -2.43. The second kappa shape index (κ2) is 9.53. The van der Waals surface area contributed by atoms with Crippen LogP contribution in [0.15, 0.2) is 24.3 Å². The summed E-state index contributed by atoms with van der Waals surface area (Å²) in [7, 11) is 1.62. The molecule has 1 aliphatic rings. The Kier molecular flexibility index (Phi) is 7.36. The van der Waals surface area contributed by atoms with Crippen molar-refractivity contribution in [2.45, 2.75) is 19.8 Å². The molecule has 5 heteroatoms. The fourth-order valence-electron chi connectivity index (χ4n) is 2.67. The van der Waals surface area contributed by atoms with Crippen LogP contribution in [-0.4, -0.2) is 57.4 Å². The lowest BCUT2D eigenvalue weighted by molar-refractivity contribution is -0.138. The van der Waals surface area contributed by atoms with Crippen LogP contribution in [0.5, 0.6) is 5.75 Å². The zero-order valence-corrected chi connectivity index (χ0v) is 14.1. The van der Waals surface area contributed by atoms with Gasteiger partial charge in [-0.3, -0.25) is 4.79 Å². The summed E-state index contributed by atoms with van der Waals surface area (Å²) in [6.45, 7) is 5.37. The molecular weight excluding hydrogens is 294 g/mol. The number of ether oxygens (including phenoxy) is 3. The van der Waals surface area contributed by atoms with Crippen molar-refractivity contribution < 1.29 is 19.0 Å². The average Bonchev–Trinajstić information content (AvgIpc) is 2.58. The number of likely N-dealkylation sites (tertiary alicyclic amines) is 1. The first-order chi connectivity index (χ1) is 11.2. The third-order valence-corrected chi connectivity index (χ3v) is 4.04. The third-order valence-electron chi connectivity index (χ3n) is 4.04. The minimum absolute atomic E-state index is 0.0566. The normalized spacial score (nSPS) is 18.0. The Bertz CT molecular complexity index is 474. The Morgan fingerprint density at radius 2 is 2.04 bits per heavy atom. The molecule has 0 N–H and O–H groups in total. The predicted molar refractivity (Wildman–Crippen MR) is 88.7 cm³/mol. The molecule has 0 bridgehead atoms. The molecule has 1 aromatic rings. The maximum absolute atomic E-state index is 12.1. The van der Waals surface area contributed by atoms with Crippen molar-refractivity contribution >= 4 is 5.91 Å². The van der Waals surface area contributed by atoms with Gasteiger partial charge >= 0.3 is 0 Å². The average molecular weight is 321 g/mol. The fourth-order valence-corrected chi connectivity index (χ4v) is 2.67. The third kappa shape index (κ3) is 6.20. The quantitative estimate of drug-likeness (QED) is 0.689. The Labute approximate surface area is 138 Å². The monoisotopic (exact) mass is 321 g/mol. The molecule has 1 unspecified atom stereocenters. The largest absolute Gasteiger partial charge is 0.493 e. The summed E-state index contributed by atoms with van der Waals surface area (Å²) in [5, 5.41) is 0. The topological polar surface area (TPSA) is 48.0 Å². The van der Waals surface area contributed by atoms with Gasteiger partial charge in [0.2, 0.25) is 5.91 Å². The highest BCUT2D eigenvalue weighted by atomic mass is 16.5. The molecule has 0 radical (unpaired) electrons. The maximum atomic E-state index is 12.1. The van der Waals surface area contributed by atoms with Gasteiger partial charge in [-0.2, -0.15) is 0 Å². The highest BCUT2D eigenvalue weighted by molar-refractivity contribution is 5.77. The molecule has 128 valence electrons. The summed E-state index contributed by atoms with van der Waals surface area (Å²) in [5.74, 6) is 1.33. The first-order valence-electron chi connectivity index (χ1n) is 8.23. The van der Waals surface area contributed by atoms with Crippen LogP contribution in [0.2, 0.25) is 0 Å². The summed E-state index contributed by atoms with van der Waals surface area (Å²) in [6, 6.07) is 8.07. The molecule has 0 aliphatic carbocycles. The van der Waals surface area contributed by atoms with Crippen LogP contribution in [0.25, 0.3) is 0 Å². The minimum atomic E-state index is 0.0566. The van der Waals surface area contributed by atoms with Gasteiger partial charge < -0.3 is 19.1 Å². The summed E-state index contributed by atoms with van der Waals surface area (Å²) < 4.78 is 16.1. The Morgan fingerprint density at radius 1 is 1.26 bits per heavy atom. The second-order valence-corrected chi connectivity index (χ2v) is 6.02. The molecule has 1 amide bonds. The lowest BCUT2D eigenvalue weighted by atomic mass is 9.99. The van der Waals surface area contributed by atoms with E-state index in [1.807, 2.05) is 29.2 Å². The van der Waals surface area contributed by atoms with E-state index in [0.29, 0.717) is 25.7 Å². The maximum Gasteiger partial charge on any atom is 0.248 e. The zero-order valence-electron chi connectivity index (χ0n) is 14.1. The van der Waals surface area contributed by atoms with Crippen LogP contribution in [-0.2, 0) is 14.3 Å². The van der Waals surface area contributed by atoms with Crippen molar-refractivity contribution in [3.8, 4) is 5.75 Å². The predicted octanol–water partition coefficient (Wildman–Crippen LogP) is 2.28. The number of amides is 1. The van der Waals surface area contributed by atoms with Crippen molar-refractivity contribution in [3.63, 3.8) is 0 Å². The number of aryl methyl sites for hydroxylation is 1. The standard InChI is InChI=1S/C18H27NO4/c1-15-5-7-17(8-6-15)23-13-16-4-3-9-19(12-16)18(20)14-22-11-10-21-2/h5-8,16H,3-4,9-14H2,1-2H3. The molecule has 1 aliphatic heterocycles. The van der Waals surface area contributed by atoms with Gasteiger partial charge in [0.05, 0.1) is 19.8 Å². The van der Waals surface area contributed by atoms with E-state index >= 15 is 0 Å². The van der Waals surface area contributed by atoms with Crippen molar-refractivity contribution in [1.29, 1.82) is 0 Å². The number of methoxy groups -OCH3 is 1. The van der Waals surface area contributed by atoms with Gasteiger partial charge in [-0.05, 0) is 31.9 Å². The van der Waals surface area contributed by atoms with Gasteiger partial charge in [0, 0.05) is 26.1 Å². The van der Waals surface area contributed by atoms with Crippen LogP contribution in [0.3, 0.4) is 0 Å². The number of hydrogen-bond acceptors (Lipinski definition) is 4. The number of piperidine rings is 1. The van der Waals surface area contributed by atoms with Crippen molar-refractivity contribution in [3.05, 3.63) is 29.8 Å². The van der Waals surface area contributed by atoms with Crippen LogP contribution < -0.4 is 4.74 Å². The van der Waals surface area contributed by atoms with E-state index in [4.69, 9.17) is 14.2 Å². The number of nitrogens with zero attached hydrogens (tertiary/aromatic N) is 1. The second-order valence-electron chi connectivity index (χ2n) is 6.02. The first-order valence-corrected chi connectivity index (χ1v) is 8.23. The van der Waals surface area contributed by atoms with Gasteiger partial charge in [-0.1, -0.05) is 17.7 Å². The van der Waals surface area contributed by atoms with E-state index < -0.39 is 0 Å². The van der Waals surface area contributed by atoms with E-state index in [-0.39, 0.29) is 12.5 Å². The molecule has 1 fully saturated rings. The number of hydrogen-bond donors (Lipinski definition) is 0. The summed E-state index contributed by atoms with van der Waals surface area (Å²) in [6.07, 6.45) is 2.12. The van der Waals surface area contributed by atoms with Crippen LogP contribution >= 0.6 is 0 Å². The summed E-state index contributed by atoms with van der Waals surface area (Å²) in [5.41, 5.74) is 1.22. The number of carbonyl (C=O) groups excluding carboxylic acids is 1. The molecule has 2 rings (SSSR count). The highest BCUT2D eigenvalue weighted by Crippen LogP contribution is 2.19. The molecule has 1 saturated heterocycles. The van der Waals surface area contributed by atoms with Crippen molar-refractivity contribution in [2.24, 2.45) is 5.92 Å². The lowest BCUT2D eigenvalue weighted by Gasteiger charge is -2.32. The van der Waals surface area contributed by atoms with Gasteiger partial charge in [0.15, 0.2) is 0 Å². The summed E-state index contributed by atoms with van der Waals surface area (Å²) in [4.78, 5) is 14.0. The van der Waals surface area contributed by atoms with Crippen molar-refractivity contribution in [2.75, 3.05) is 46.6 Å². The van der Waals surface area contributed by atoms with Crippen LogP contribution in [0.1, 0.15) is 18.4 Å². The van der Waals surface area contributed by atoms with E-state index in [1.54, 1.807) is 7.11 Å². The Morgan fingerprint density at radius 3 is 2.78 bits per heavy atom. The highest BCUT2D eigenvalue weighted by Gasteiger charge is 2.24. The van der Waals surface area contributed by atoms with Gasteiger partial charge in [0.25, 0.3) is 0 Å². The van der Waals surface area contributed by atoms with E-state index in [0.717, 1.165) is 31.7 Å². The van der Waals surface area contributed by atoms with Crippen molar-refractivity contribution in [1.82, 2.24) is 4.90 Å². The fraction of sp³-hybridized carbons (Fsp3) is 0.611. The molecule has 0 saturated carbocycles. The number of carbonyl (C=O) groups is 1. The van der Waals surface area contributed by atoms with E-state index in [9.17, 15) is 4.79 Å². The smallest absolute Gasteiger partial charge is 0.248 e. The minimum Gasteiger partial charge on any atom is -0.493 e. The molecule has 0 spiro atoms. The molecule has 1 aromatic carbocycles. The van der Waals surface area contributed by atoms with E-state index in [2.05, 4.69) is 6.92 Å². The molecular formula is C18H27NO4. The van der Waals surface area contributed by atoms with Gasteiger partial charge in [-0.25, -0.2) is 0 Å². The molecule has 23 heavy (non-hydrogen) atoms. The molecule has 1 atom stereocenters. The Balaban J connectivity index is 1.72.